The van der Waals surface area contributed by atoms with Gasteiger partial charge in [0, 0.05) is 23.6 Å². The van der Waals surface area contributed by atoms with Crippen LogP contribution in [0.15, 0.2) is 34.5 Å². The quantitative estimate of drug-likeness (QED) is 0.773. The van der Waals surface area contributed by atoms with E-state index in [9.17, 15) is 4.79 Å². The molecular weight excluding hydrogens is 286 g/mol. The summed E-state index contributed by atoms with van der Waals surface area (Å²) in [5.41, 5.74) is 4.03. The van der Waals surface area contributed by atoms with Gasteiger partial charge in [0.1, 0.15) is 0 Å². The lowest BCUT2D eigenvalue weighted by atomic mass is 9.92. The number of carbonyl (C=O) groups excluding carboxylic acids is 1. The molecule has 2 aliphatic heterocycles. The molecule has 3 nitrogen and oxygen atoms in total. The van der Waals surface area contributed by atoms with Gasteiger partial charge in [-0.25, -0.2) is 4.79 Å². The van der Waals surface area contributed by atoms with E-state index in [-0.39, 0.29) is 11.9 Å². The molecule has 0 saturated carbocycles. The smallest absolute Gasteiger partial charge is 0.335 e. The number of benzene rings is 1. The van der Waals surface area contributed by atoms with Crippen LogP contribution in [0.5, 0.6) is 0 Å². The van der Waals surface area contributed by atoms with Crippen molar-refractivity contribution in [3.05, 3.63) is 45.6 Å². The minimum Gasteiger partial charge on any atom is -0.462 e. The molecule has 2 heterocycles. The monoisotopic (exact) mass is 303 g/mol. The van der Waals surface area contributed by atoms with Crippen molar-refractivity contribution in [2.45, 2.75) is 38.5 Å². The zero-order chi connectivity index (χ0) is 14.8. The third kappa shape index (κ3) is 2.88. The SMILES string of the molecule is CCc1cc(C2C=NC3=C(CC2)C(=O)OCC3)ccc1Cl. The summed E-state index contributed by atoms with van der Waals surface area (Å²) in [7, 11) is 0. The van der Waals surface area contributed by atoms with Crippen LogP contribution >= 0.6 is 11.6 Å². The molecule has 1 aromatic carbocycles. The number of aliphatic imine (C=N–C) groups is 1. The Morgan fingerprint density at radius 1 is 1.38 bits per heavy atom. The molecule has 1 atom stereocenters. The predicted molar refractivity (Wildman–Crippen MR) is 83.9 cm³/mol. The third-order valence-electron chi connectivity index (χ3n) is 4.16. The Hall–Kier alpha value is -1.61. The first-order chi connectivity index (χ1) is 10.2. The number of carbonyl (C=O) groups is 1. The van der Waals surface area contributed by atoms with Gasteiger partial charge in [0.15, 0.2) is 0 Å². The lowest BCUT2D eigenvalue weighted by Gasteiger charge is -2.16. The second kappa shape index (κ2) is 6.02. The second-order valence-corrected chi connectivity index (χ2v) is 5.85. The summed E-state index contributed by atoms with van der Waals surface area (Å²) < 4.78 is 5.11. The zero-order valence-electron chi connectivity index (χ0n) is 12.1. The first-order valence-electron chi connectivity index (χ1n) is 7.40. The molecule has 0 aromatic heterocycles. The Morgan fingerprint density at radius 2 is 2.24 bits per heavy atom. The molecule has 0 N–H and O–H groups in total. The number of cyclic esters (lactones) is 1. The van der Waals surface area contributed by atoms with Crippen molar-refractivity contribution in [1.29, 1.82) is 0 Å². The maximum atomic E-state index is 11.8. The Labute approximate surface area is 129 Å². The van der Waals surface area contributed by atoms with E-state index >= 15 is 0 Å². The molecule has 1 unspecified atom stereocenters. The van der Waals surface area contributed by atoms with E-state index in [0.717, 1.165) is 47.5 Å². The van der Waals surface area contributed by atoms with Crippen LogP contribution in [0.4, 0.5) is 0 Å². The maximum absolute atomic E-state index is 11.8. The van der Waals surface area contributed by atoms with Crippen LogP contribution in [-0.2, 0) is 16.0 Å². The molecule has 4 heteroatoms. The van der Waals surface area contributed by atoms with Gasteiger partial charge in [-0.1, -0.05) is 30.7 Å². The van der Waals surface area contributed by atoms with Crippen LogP contribution in [0.2, 0.25) is 5.02 Å². The summed E-state index contributed by atoms with van der Waals surface area (Å²) in [6.07, 6.45) is 5.22. The van der Waals surface area contributed by atoms with Crippen molar-refractivity contribution >= 4 is 23.8 Å². The number of hydrogen-bond acceptors (Lipinski definition) is 3. The average molecular weight is 304 g/mol. The third-order valence-corrected chi connectivity index (χ3v) is 4.53. The largest absolute Gasteiger partial charge is 0.462 e. The lowest BCUT2D eigenvalue weighted by molar-refractivity contribution is -0.140. The zero-order valence-corrected chi connectivity index (χ0v) is 12.8. The fraction of sp³-hybridized carbons (Fsp3) is 0.412. The first kappa shape index (κ1) is 14.3. The fourth-order valence-electron chi connectivity index (χ4n) is 2.89. The molecule has 21 heavy (non-hydrogen) atoms. The van der Waals surface area contributed by atoms with Crippen molar-refractivity contribution in [2.24, 2.45) is 4.99 Å². The van der Waals surface area contributed by atoms with Crippen molar-refractivity contribution in [3.8, 4) is 0 Å². The van der Waals surface area contributed by atoms with Crippen LogP contribution in [0.1, 0.15) is 43.2 Å². The highest BCUT2D eigenvalue weighted by Gasteiger charge is 2.25. The van der Waals surface area contributed by atoms with Crippen molar-refractivity contribution in [1.82, 2.24) is 0 Å². The molecule has 0 amide bonds. The summed E-state index contributed by atoms with van der Waals surface area (Å²) >= 11 is 6.18. The molecule has 2 aliphatic rings. The van der Waals surface area contributed by atoms with Crippen LogP contribution < -0.4 is 0 Å². The molecule has 0 aliphatic carbocycles. The number of rotatable bonds is 2. The van der Waals surface area contributed by atoms with E-state index in [2.05, 4.69) is 24.0 Å². The molecule has 0 radical (unpaired) electrons. The van der Waals surface area contributed by atoms with E-state index in [1.807, 2.05) is 12.3 Å². The number of halogens is 1. The number of aryl methyl sites for hydroxylation is 1. The number of nitrogens with zero attached hydrogens (tertiary/aromatic N) is 1. The van der Waals surface area contributed by atoms with E-state index in [1.54, 1.807) is 0 Å². The molecule has 3 rings (SSSR count). The van der Waals surface area contributed by atoms with E-state index in [4.69, 9.17) is 16.3 Å². The van der Waals surface area contributed by atoms with Crippen LogP contribution in [0.3, 0.4) is 0 Å². The minimum absolute atomic E-state index is 0.195. The van der Waals surface area contributed by atoms with Crippen LogP contribution in [0, 0.1) is 0 Å². The first-order valence-corrected chi connectivity index (χ1v) is 7.78. The van der Waals surface area contributed by atoms with Gasteiger partial charge in [-0.2, -0.15) is 0 Å². The predicted octanol–water partition coefficient (Wildman–Crippen LogP) is 4.05. The van der Waals surface area contributed by atoms with Gasteiger partial charge >= 0.3 is 5.97 Å². The van der Waals surface area contributed by atoms with Crippen LogP contribution in [0.25, 0.3) is 0 Å². The molecular formula is C17H18ClNO2. The van der Waals surface area contributed by atoms with Gasteiger partial charge in [-0.05, 0) is 36.5 Å². The van der Waals surface area contributed by atoms with E-state index in [0.29, 0.717) is 6.61 Å². The summed E-state index contributed by atoms with van der Waals surface area (Å²) in [4.78, 5) is 16.4. The Kier molecular flexibility index (Phi) is 4.11. The Balaban J connectivity index is 1.85. The molecule has 110 valence electrons. The summed E-state index contributed by atoms with van der Waals surface area (Å²) in [6.45, 7) is 2.54. The fourth-order valence-corrected chi connectivity index (χ4v) is 3.14. The maximum Gasteiger partial charge on any atom is 0.335 e. The average Bonchev–Trinajstić information content (AvgIpc) is 2.71. The van der Waals surface area contributed by atoms with E-state index in [1.165, 1.54) is 5.56 Å². The highest BCUT2D eigenvalue weighted by atomic mass is 35.5. The lowest BCUT2D eigenvalue weighted by Crippen LogP contribution is -2.16. The number of esters is 1. The topological polar surface area (TPSA) is 38.7 Å². The highest BCUT2D eigenvalue weighted by Crippen LogP contribution is 2.32. The minimum atomic E-state index is -0.195. The summed E-state index contributed by atoms with van der Waals surface area (Å²) in [5.74, 6) is 0.0328. The number of hydrogen-bond donors (Lipinski definition) is 0. The Morgan fingerprint density at radius 3 is 3.05 bits per heavy atom. The summed E-state index contributed by atoms with van der Waals surface area (Å²) in [6, 6.07) is 6.17. The van der Waals surface area contributed by atoms with Gasteiger partial charge in [-0.3, -0.25) is 4.99 Å². The van der Waals surface area contributed by atoms with Gasteiger partial charge in [0.2, 0.25) is 0 Å². The van der Waals surface area contributed by atoms with Gasteiger partial charge in [0.05, 0.1) is 17.9 Å². The summed E-state index contributed by atoms with van der Waals surface area (Å²) in [5, 5.41) is 0.813. The molecule has 1 aromatic rings. The van der Waals surface area contributed by atoms with Crippen molar-refractivity contribution < 1.29 is 9.53 Å². The molecule has 0 fully saturated rings. The Bertz CT molecular complexity index is 634. The standard InChI is InChI=1S/C17H18ClNO2/c1-2-11-9-12(4-6-15(11)18)13-3-5-14-16(19-10-13)7-8-21-17(14)20/h4,6,9-10,13H,2-3,5,7-8H2,1H3. The molecule has 0 spiro atoms. The van der Waals surface area contributed by atoms with Crippen LogP contribution in [-0.4, -0.2) is 18.8 Å². The van der Waals surface area contributed by atoms with Gasteiger partial charge in [-0.15, -0.1) is 0 Å². The second-order valence-electron chi connectivity index (χ2n) is 5.44. The van der Waals surface area contributed by atoms with Gasteiger partial charge in [0.25, 0.3) is 0 Å². The molecule has 0 bridgehead atoms. The highest BCUT2D eigenvalue weighted by molar-refractivity contribution is 6.31. The normalized spacial score (nSPS) is 21.8. The van der Waals surface area contributed by atoms with Crippen molar-refractivity contribution in [2.75, 3.05) is 6.61 Å². The molecule has 0 saturated heterocycles. The van der Waals surface area contributed by atoms with Crippen molar-refractivity contribution in [3.63, 3.8) is 0 Å². The van der Waals surface area contributed by atoms with E-state index < -0.39 is 0 Å². The number of ether oxygens (including phenoxy) is 1. The van der Waals surface area contributed by atoms with Gasteiger partial charge < -0.3 is 4.74 Å².